The first kappa shape index (κ1) is 42.0. The van der Waals surface area contributed by atoms with Gasteiger partial charge in [-0.1, -0.05) is 35.9 Å². The number of ether oxygens (including phenoxy) is 4. The summed E-state index contributed by atoms with van der Waals surface area (Å²) in [4.78, 5) is 67.2. The van der Waals surface area contributed by atoms with Crippen LogP contribution in [0.1, 0.15) is 101 Å². The molecule has 284 valence electrons. The fourth-order valence-electron chi connectivity index (χ4n) is 4.39. The summed E-state index contributed by atoms with van der Waals surface area (Å²) in [5, 5.41) is 7.93. The number of aliphatic imine (C=N–C) groups is 1. The molecule has 0 saturated heterocycles. The molecule has 0 fully saturated rings. The highest BCUT2D eigenvalue weighted by Crippen LogP contribution is 2.25. The van der Waals surface area contributed by atoms with E-state index < -0.39 is 40.9 Å². The molecule has 0 atom stereocenters. The van der Waals surface area contributed by atoms with Crippen LogP contribution in [0.3, 0.4) is 0 Å². The predicted molar refractivity (Wildman–Crippen MR) is 200 cm³/mol. The van der Waals surface area contributed by atoms with Crippen LogP contribution in [0.4, 0.5) is 15.3 Å². The first-order valence-electron chi connectivity index (χ1n) is 16.8. The number of amides is 3. The fourth-order valence-corrected chi connectivity index (χ4v) is 4.65. The lowest BCUT2D eigenvalue weighted by Crippen LogP contribution is -2.47. The molecule has 3 amide bonds. The molecule has 0 unspecified atom stereocenters. The number of halogens is 1. The van der Waals surface area contributed by atoms with Crippen molar-refractivity contribution in [3.8, 4) is 5.75 Å². The van der Waals surface area contributed by atoms with Crippen molar-refractivity contribution < 1.29 is 42.9 Å². The zero-order chi connectivity index (χ0) is 39.6. The van der Waals surface area contributed by atoms with Crippen LogP contribution in [0.2, 0.25) is 5.02 Å². The Morgan fingerprint density at radius 3 is 1.79 bits per heavy atom. The molecule has 3 N–H and O–H groups in total. The third-order valence-corrected chi connectivity index (χ3v) is 6.90. The fraction of sp³-hybridized carbons (Fsp3) is 0.385. The molecule has 0 aromatic heterocycles. The Morgan fingerprint density at radius 1 is 0.679 bits per heavy atom. The Labute approximate surface area is 314 Å². The quantitative estimate of drug-likeness (QED) is 0.0649. The van der Waals surface area contributed by atoms with Gasteiger partial charge < -0.3 is 24.3 Å². The van der Waals surface area contributed by atoms with Gasteiger partial charge in [0.25, 0.3) is 0 Å². The monoisotopic (exact) mass is 750 g/mol. The molecule has 0 heterocycles. The van der Waals surface area contributed by atoms with E-state index in [1.54, 1.807) is 98.7 Å². The van der Waals surface area contributed by atoms with Crippen molar-refractivity contribution in [1.29, 1.82) is 0 Å². The lowest BCUT2D eigenvalue weighted by molar-refractivity contribution is -0.121. The number of alkyl carbamates (subject to hydrolysis) is 2. The Hall–Kier alpha value is -5.43. The SMILES string of the molecule is CC(C)(C)OC(=O)NC(=Nc1ccc(C(=O)Oc2ccc(CCC(=O)NCc3ccccc3C(=O)OC(C)(C)C)c(Cl)c2)cc1)NC(=O)OC(C)(C)C. The van der Waals surface area contributed by atoms with Crippen LogP contribution < -0.4 is 20.7 Å². The summed E-state index contributed by atoms with van der Waals surface area (Å²) in [5.74, 6) is -1.43. The Bertz CT molecular complexity index is 1800. The van der Waals surface area contributed by atoms with Gasteiger partial charge in [0.2, 0.25) is 11.9 Å². The lowest BCUT2D eigenvalue weighted by Gasteiger charge is -2.22. The third kappa shape index (κ3) is 15.4. The van der Waals surface area contributed by atoms with Gasteiger partial charge in [-0.05, 0) is 122 Å². The van der Waals surface area contributed by atoms with Crippen molar-refractivity contribution in [2.75, 3.05) is 0 Å². The minimum Gasteiger partial charge on any atom is -0.456 e. The molecule has 0 radical (unpaired) electrons. The maximum atomic E-state index is 12.9. The van der Waals surface area contributed by atoms with E-state index in [2.05, 4.69) is 20.9 Å². The molecule has 0 saturated carbocycles. The molecule has 3 aromatic rings. The van der Waals surface area contributed by atoms with Crippen molar-refractivity contribution in [2.24, 2.45) is 4.99 Å². The highest BCUT2D eigenvalue weighted by molar-refractivity contribution is 6.31. The number of carbonyl (C=O) groups is 5. The third-order valence-electron chi connectivity index (χ3n) is 6.55. The Balaban J connectivity index is 1.60. The van der Waals surface area contributed by atoms with E-state index >= 15 is 0 Å². The van der Waals surface area contributed by atoms with Gasteiger partial charge in [0.1, 0.15) is 22.6 Å². The number of benzene rings is 3. The van der Waals surface area contributed by atoms with Crippen molar-refractivity contribution in [2.45, 2.75) is 98.5 Å². The zero-order valence-electron chi connectivity index (χ0n) is 31.5. The standard InChI is InChI=1S/C39H47ClN4O9/c1-37(2,3)51-33(47)29-13-11-10-12-26(29)23-41-31(45)21-17-24-16-20-28(22-30(24)40)50-32(46)25-14-18-27(19-15-25)42-34(43-35(48)52-38(4,5)6)44-36(49)53-39(7,8)9/h10-16,18-20,22H,17,21,23H2,1-9H3,(H,41,45)(H2,42,43,44,48,49). The van der Waals surface area contributed by atoms with E-state index in [1.807, 2.05) is 0 Å². The number of esters is 2. The summed E-state index contributed by atoms with van der Waals surface area (Å²) in [6.07, 6.45) is -1.25. The van der Waals surface area contributed by atoms with Crippen LogP contribution in [0.25, 0.3) is 0 Å². The molecular formula is C39H47ClN4O9. The van der Waals surface area contributed by atoms with Crippen molar-refractivity contribution in [1.82, 2.24) is 16.0 Å². The first-order valence-corrected chi connectivity index (χ1v) is 17.2. The van der Waals surface area contributed by atoms with Crippen LogP contribution in [0.15, 0.2) is 71.7 Å². The maximum Gasteiger partial charge on any atom is 0.414 e. The lowest BCUT2D eigenvalue weighted by atomic mass is 10.1. The molecule has 0 aliphatic carbocycles. The first-order chi connectivity index (χ1) is 24.6. The second kappa shape index (κ2) is 17.9. The van der Waals surface area contributed by atoms with E-state index in [0.29, 0.717) is 28.1 Å². The number of aryl methyl sites for hydroxylation is 1. The minimum atomic E-state index is -0.848. The van der Waals surface area contributed by atoms with Gasteiger partial charge in [0.05, 0.1) is 16.8 Å². The largest absolute Gasteiger partial charge is 0.456 e. The molecule has 14 heteroatoms. The van der Waals surface area contributed by atoms with Crippen molar-refractivity contribution >= 4 is 53.3 Å². The molecule has 0 aliphatic heterocycles. The topological polar surface area (TPSA) is 171 Å². The molecule has 0 aliphatic rings. The van der Waals surface area contributed by atoms with Crippen LogP contribution >= 0.6 is 11.6 Å². The highest BCUT2D eigenvalue weighted by Gasteiger charge is 2.23. The molecule has 3 rings (SSSR count). The number of hydrogen-bond acceptors (Lipinski definition) is 10. The van der Waals surface area contributed by atoms with Gasteiger partial charge in [-0.15, -0.1) is 0 Å². The Morgan fingerprint density at radius 2 is 1.25 bits per heavy atom. The van der Waals surface area contributed by atoms with E-state index in [4.69, 9.17) is 30.5 Å². The number of rotatable bonds is 9. The van der Waals surface area contributed by atoms with Gasteiger partial charge >= 0.3 is 24.1 Å². The molecule has 53 heavy (non-hydrogen) atoms. The summed E-state index contributed by atoms with van der Waals surface area (Å²) in [6, 6.07) is 17.6. The number of guanidine groups is 1. The normalized spacial score (nSPS) is 11.4. The van der Waals surface area contributed by atoms with E-state index in [-0.39, 0.29) is 41.8 Å². The summed E-state index contributed by atoms with van der Waals surface area (Å²) in [6.45, 7) is 15.6. The number of hydrogen-bond donors (Lipinski definition) is 3. The van der Waals surface area contributed by atoms with Crippen LogP contribution in [-0.2, 0) is 32.0 Å². The number of nitrogens with one attached hydrogen (secondary N) is 3. The van der Waals surface area contributed by atoms with Crippen molar-refractivity contribution in [3.05, 3.63) is 94.0 Å². The summed E-state index contributed by atoms with van der Waals surface area (Å²) >= 11 is 6.47. The van der Waals surface area contributed by atoms with Gasteiger partial charge in [0, 0.05) is 18.0 Å². The summed E-state index contributed by atoms with van der Waals surface area (Å²) in [5.41, 5.74) is -0.0828. The molecule has 0 spiro atoms. The van der Waals surface area contributed by atoms with Gasteiger partial charge in [-0.25, -0.2) is 24.2 Å². The van der Waals surface area contributed by atoms with E-state index in [9.17, 15) is 24.0 Å². The number of carbonyl (C=O) groups excluding carboxylic acids is 5. The minimum absolute atomic E-state index is 0.130. The second-order valence-corrected chi connectivity index (χ2v) is 15.2. The van der Waals surface area contributed by atoms with E-state index in [1.165, 1.54) is 30.3 Å². The zero-order valence-corrected chi connectivity index (χ0v) is 32.2. The second-order valence-electron chi connectivity index (χ2n) is 14.8. The smallest absolute Gasteiger partial charge is 0.414 e. The van der Waals surface area contributed by atoms with E-state index in [0.717, 1.165) is 0 Å². The summed E-state index contributed by atoms with van der Waals surface area (Å²) in [7, 11) is 0. The molecular weight excluding hydrogens is 704 g/mol. The number of nitrogens with zero attached hydrogens (tertiary/aromatic N) is 1. The van der Waals surface area contributed by atoms with Crippen LogP contribution in [0, 0.1) is 0 Å². The van der Waals surface area contributed by atoms with Gasteiger partial charge in [-0.3, -0.25) is 15.4 Å². The average molecular weight is 751 g/mol. The Kier molecular flexibility index (Phi) is 14.2. The molecule has 13 nitrogen and oxygen atoms in total. The predicted octanol–water partition coefficient (Wildman–Crippen LogP) is 7.80. The van der Waals surface area contributed by atoms with Crippen LogP contribution in [0.5, 0.6) is 5.75 Å². The average Bonchev–Trinajstić information content (AvgIpc) is 3.01. The summed E-state index contributed by atoms with van der Waals surface area (Å²) < 4.78 is 21.5. The molecule has 3 aromatic carbocycles. The van der Waals surface area contributed by atoms with Crippen LogP contribution in [-0.4, -0.2) is 52.8 Å². The molecule has 0 bridgehead atoms. The van der Waals surface area contributed by atoms with Gasteiger partial charge in [-0.2, -0.15) is 0 Å². The van der Waals surface area contributed by atoms with Crippen molar-refractivity contribution in [3.63, 3.8) is 0 Å². The highest BCUT2D eigenvalue weighted by atomic mass is 35.5. The maximum absolute atomic E-state index is 12.9. The van der Waals surface area contributed by atoms with Gasteiger partial charge in [0.15, 0.2) is 0 Å².